The maximum atomic E-state index is 12.2. The third kappa shape index (κ3) is 3.76. The van der Waals surface area contributed by atoms with Gasteiger partial charge < -0.3 is 10.1 Å². The average Bonchev–Trinajstić information content (AvgIpc) is 2.94. The summed E-state index contributed by atoms with van der Waals surface area (Å²) < 4.78 is 40.1. The van der Waals surface area contributed by atoms with Crippen LogP contribution in [0.5, 0.6) is 5.88 Å². The lowest BCUT2D eigenvalue weighted by Gasteiger charge is -2.15. The third-order valence-corrected chi connectivity index (χ3v) is 4.52. The number of rotatable bonds is 5. The van der Waals surface area contributed by atoms with Crippen molar-refractivity contribution in [1.29, 1.82) is 0 Å². The van der Waals surface area contributed by atoms with Crippen LogP contribution in [0.3, 0.4) is 0 Å². The molecule has 0 radical (unpaired) electrons. The molecule has 9 heteroatoms. The Balaban J connectivity index is 1.97. The van der Waals surface area contributed by atoms with Crippen LogP contribution in [0.1, 0.15) is 18.9 Å². The van der Waals surface area contributed by atoms with E-state index in [9.17, 15) is 18.0 Å². The van der Waals surface area contributed by atoms with Gasteiger partial charge in [0.05, 0.1) is 5.41 Å². The number of nitrogens with one attached hydrogen (secondary N) is 1. The van der Waals surface area contributed by atoms with Crippen molar-refractivity contribution in [2.45, 2.75) is 30.4 Å². The highest BCUT2D eigenvalue weighted by molar-refractivity contribution is 6.53. The van der Waals surface area contributed by atoms with Gasteiger partial charge in [0.2, 0.25) is 11.8 Å². The standard InChI is InChI=1S/C13H13Cl2F3N2O2/c1-11(6-12(11,14)15)10(21)20-5-8-3-2-4-19-9(8)22-7-13(16,17)18/h2-4H,5-7H2,1H3,(H,20,21). The zero-order valence-corrected chi connectivity index (χ0v) is 13.0. The second-order valence-electron chi connectivity index (χ2n) is 5.27. The number of nitrogens with zero attached hydrogens (tertiary/aromatic N) is 1. The van der Waals surface area contributed by atoms with Crippen molar-refractivity contribution >= 4 is 29.1 Å². The van der Waals surface area contributed by atoms with Gasteiger partial charge in [0, 0.05) is 18.3 Å². The lowest BCUT2D eigenvalue weighted by Crippen LogP contribution is -2.33. The molecule has 1 aliphatic carbocycles. The molecule has 1 heterocycles. The van der Waals surface area contributed by atoms with Crippen LogP contribution in [0.15, 0.2) is 18.3 Å². The summed E-state index contributed by atoms with van der Waals surface area (Å²) in [5.74, 6) is -0.549. The molecule has 22 heavy (non-hydrogen) atoms. The van der Waals surface area contributed by atoms with E-state index in [4.69, 9.17) is 23.2 Å². The summed E-state index contributed by atoms with van der Waals surface area (Å²) in [7, 11) is 0. The first-order valence-electron chi connectivity index (χ1n) is 6.35. The van der Waals surface area contributed by atoms with Crippen LogP contribution in [0, 0.1) is 5.41 Å². The second kappa shape index (κ2) is 5.77. The monoisotopic (exact) mass is 356 g/mol. The van der Waals surface area contributed by atoms with E-state index in [-0.39, 0.29) is 18.3 Å². The van der Waals surface area contributed by atoms with Gasteiger partial charge in [-0.1, -0.05) is 6.07 Å². The Hall–Kier alpha value is -1.21. The van der Waals surface area contributed by atoms with E-state index in [2.05, 4.69) is 15.0 Å². The molecule has 0 spiro atoms. The quantitative estimate of drug-likeness (QED) is 0.824. The predicted octanol–water partition coefficient (Wildman–Crippen LogP) is 3.22. The smallest absolute Gasteiger partial charge is 0.422 e. The van der Waals surface area contributed by atoms with Gasteiger partial charge in [-0.15, -0.1) is 23.2 Å². The van der Waals surface area contributed by atoms with E-state index in [1.807, 2.05) is 0 Å². The molecule has 1 unspecified atom stereocenters. The first-order valence-corrected chi connectivity index (χ1v) is 7.10. The van der Waals surface area contributed by atoms with Gasteiger partial charge in [-0.25, -0.2) is 4.98 Å². The van der Waals surface area contributed by atoms with E-state index in [1.165, 1.54) is 18.3 Å². The Bertz CT molecular complexity index is 581. The molecule has 0 aliphatic heterocycles. The Labute approximate surface area is 134 Å². The fourth-order valence-electron chi connectivity index (χ4n) is 1.86. The first kappa shape index (κ1) is 17.1. The summed E-state index contributed by atoms with van der Waals surface area (Å²) >= 11 is 11.8. The van der Waals surface area contributed by atoms with E-state index in [0.717, 1.165) is 0 Å². The first-order chi connectivity index (χ1) is 10.1. The third-order valence-electron chi connectivity index (χ3n) is 3.42. The van der Waals surface area contributed by atoms with E-state index < -0.39 is 22.5 Å². The largest absolute Gasteiger partial charge is 0.468 e. The van der Waals surface area contributed by atoms with Crippen LogP contribution in [0.25, 0.3) is 0 Å². The number of ether oxygens (including phenoxy) is 1. The molecule has 1 fully saturated rings. The summed E-state index contributed by atoms with van der Waals surface area (Å²) in [4.78, 5) is 15.8. The molecule has 1 aromatic heterocycles. The number of carbonyl (C=O) groups excluding carboxylic acids is 1. The molecular formula is C13H13Cl2F3N2O2. The van der Waals surface area contributed by atoms with Crippen LogP contribution in [-0.4, -0.2) is 28.0 Å². The lowest BCUT2D eigenvalue weighted by atomic mass is 10.1. The molecule has 1 saturated carbocycles. The van der Waals surface area contributed by atoms with Gasteiger partial charge in [-0.2, -0.15) is 13.2 Å². The van der Waals surface area contributed by atoms with Gasteiger partial charge in [0.25, 0.3) is 0 Å². The van der Waals surface area contributed by atoms with Gasteiger partial charge in [-0.3, -0.25) is 4.79 Å². The van der Waals surface area contributed by atoms with E-state index in [1.54, 1.807) is 6.92 Å². The number of pyridine rings is 1. The molecule has 1 N–H and O–H groups in total. The number of aromatic nitrogens is 1. The van der Waals surface area contributed by atoms with Crippen molar-refractivity contribution in [1.82, 2.24) is 10.3 Å². The molecule has 1 aliphatic rings. The van der Waals surface area contributed by atoms with Crippen molar-refractivity contribution in [3.05, 3.63) is 23.9 Å². The van der Waals surface area contributed by atoms with Gasteiger partial charge >= 0.3 is 6.18 Å². The molecule has 4 nitrogen and oxygen atoms in total. The molecule has 0 bridgehead atoms. The number of carbonyl (C=O) groups is 1. The highest BCUT2D eigenvalue weighted by atomic mass is 35.5. The Kier molecular flexibility index (Phi) is 4.50. The van der Waals surface area contributed by atoms with E-state index >= 15 is 0 Å². The summed E-state index contributed by atoms with van der Waals surface area (Å²) in [6.45, 7) is 0.140. The minimum Gasteiger partial charge on any atom is -0.468 e. The number of alkyl halides is 5. The summed E-state index contributed by atoms with van der Waals surface area (Å²) in [5.41, 5.74) is -0.565. The van der Waals surface area contributed by atoms with Crippen molar-refractivity contribution < 1.29 is 22.7 Å². The fraction of sp³-hybridized carbons (Fsp3) is 0.538. The van der Waals surface area contributed by atoms with Crippen molar-refractivity contribution in [2.24, 2.45) is 5.41 Å². The minimum atomic E-state index is -4.46. The highest BCUT2D eigenvalue weighted by Crippen LogP contribution is 2.63. The van der Waals surface area contributed by atoms with Gasteiger partial charge in [0.15, 0.2) is 6.61 Å². The second-order valence-corrected chi connectivity index (χ2v) is 6.75. The molecular weight excluding hydrogens is 344 g/mol. The van der Waals surface area contributed by atoms with E-state index in [0.29, 0.717) is 12.0 Å². The Morgan fingerprint density at radius 1 is 1.50 bits per heavy atom. The van der Waals surface area contributed by atoms with Crippen molar-refractivity contribution in [3.63, 3.8) is 0 Å². The fourth-order valence-corrected chi connectivity index (χ4v) is 2.56. The summed E-state index contributed by atoms with van der Waals surface area (Å²) in [6, 6.07) is 3.05. The number of hydrogen-bond acceptors (Lipinski definition) is 3. The topological polar surface area (TPSA) is 51.2 Å². The normalized spacial score (nSPS) is 23.0. The zero-order chi connectivity index (χ0) is 16.6. The molecule has 1 atom stereocenters. The highest BCUT2D eigenvalue weighted by Gasteiger charge is 2.67. The Morgan fingerprint density at radius 3 is 2.68 bits per heavy atom. The number of amides is 1. The molecule has 1 aromatic rings. The van der Waals surface area contributed by atoms with Crippen LogP contribution in [-0.2, 0) is 11.3 Å². The van der Waals surface area contributed by atoms with Gasteiger partial charge in [0.1, 0.15) is 4.33 Å². The number of hydrogen-bond donors (Lipinski definition) is 1. The number of halogens is 5. The van der Waals surface area contributed by atoms with Gasteiger partial charge in [-0.05, 0) is 19.4 Å². The Morgan fingerprint density at radius 2 is 2.14 bits per heavy atom. The summed E-state index contributed by atoms with van der Waals surface area (Å²) in [5, 5.41) is 2.59. The van der Waals surface area contributed by atoms with Crippen LogP contribution < -0.4 is 10.1 Å². The molecule has 1 amide bonds. The lowest BCUT2D eigenvalue weighted by molar-refractivity contribution is -0.154. The summed E-state index contributed by atoms with van der Waals surface area (Å²) in [6.07, 6.45) is -2.84. The maximum Gasteiger partial charge on any atom is 0.422 e. The van der Waals surface area contributed by atoms with Crippen LogP contribution in [0.4, 0.5) is 13.2 Å². The minimum absolute atomic E-state index is 0.0285. The van der Waals surface area contributed by atoms with Crippen molar-refractivity contribution in [3.8, 4) is 5.88 Å². The van der Waals surface area contributed by atoms with Crippen molar-refractivity contribution in [2.75, 3.05) is 6.61 Å². The van der Waals surface area contributed by atoms with Crippen LogP contribution >= 0.6 is 23.2 Å². The molecule has 2 rings (SSSR count). The maximum absolute atomic E-state index is 12.2. The molecule has 0 aromatic carbocycles. The average molecular weight is 357 g/mol. The molecule has 0 saturated heterocycles. The zero-order valence-electron chi connectivity index (χ0n) is 11.5. The SMILES string of the molecule is CC1(C(=O)NCc2cccnc2OCC(F)(F)F)CC1(Cl)Cl. The predicted molar refractivity (Wildman–Crippen MR) is 74.8 cm³/mol. The van der Waals surface area contributed by atoms with Crippen LogP contribution in [0.2, 0.25) is 0 Å². The molecule has 122 valence electrons.